The molecule has 0 spiro atoms. The molecule has 498 valence electrons. The van der Waals surface area contributed by atoms with E-state index in [1.54, 1.807) is 26.0 Å². The summed E-state index contributed by atoms with van der Waals surface area (Å²) in [5.74, 6) is -2.81. The molecule has 37 nitrogen and oxygen atoms in total. The van der Waals surface area contributed by atoms with Crippen LogP contribution in [0.3, 0.4) is 0 Å². The smallest absolute Gasteiger partial charge is 0.445 e. The van der Waals surface area contributed by atoms with E-state index in [2.05, 4.69) is 63.4 Å². The highest BCUT2D eigenvalue weighted by Crippen LogP contribution is 2.58. The number of aromatic nitrogens is 8. The van der Waals surface area contributed by atoms with Gasteiger partial charge in [0.2, 0.25) is 23.6 Å². The minimum absolute atomic E-state index is 0.0259. The summed E-state index contributed by atoms with van der Waals surface area (Å²) in [5, 5.41) is 32.0. The van der Waals surface area contributed by atoms with Crippen molar-refractivity contribution in [2.75, 3.05) is 56.7 Å². The number of thiol groups is 1. The molecule has 4 aliphatic heterocycles. The molecule has 5 aromatic rings. The zero-order valence-corrected chi connectivity index (χ0v) is 52.9. The van der Waals surface area contributed by atoms with Crippen LogP contribution in [0, 0.1) is 5.92 Å². The number of hydrogen-bond acceptors (Lipinski definition) is 28. The number of aliphatic hydroxyl groups is 2. The number of nitrogens with two attached hydrogens (primary N) is 3. The second kappa shape index (κ2) is 29.4. The van der Waals surface area contributed by atoms with E-state index in [1.165, 1.54) is 66.4 Å². The van der Waals surface area contributed by atoms with E-state index in [4.69, 9.17) is 70.8 Å². The Hall–Kier alpha value is -7.78. The van der Waals surface area contributed by atoms with Crippen LogP contribution < -0.4 is 38.5 Å². The lowest BCUT2D eigenvalue weighted by Gasteiger charge is -2.29. The monoisotopic (exact) mass is 1360 g/mol. The van der Waals surface area contributed by atoms with Crippen LogP contribution >= 0.6 is 25.8 Å². The quantitative estimate of drug-likeness (QED) is 0.0204. The van der Waals surface area contributed by atoms with Crippen molar-refractivity contribution in [3.63, 3.8) is 0 Å². The molecular weight excluding hydrogens is 1300 g/mol. The molecule has 0 saturated carbocycles. The number of primary amides is 1. The van der Waals surface area contributed by atoms with E-state index < -0.39 is 148 Å². The van der Waals surface area contributed by atoms with Gasteiger partial charge in [-0.05, 0) is 61.3 Å². The molecule has 1 aromatic carbocycles. The predicted octanol–water partition coefficient (Wildman–Crippen LogP) is 0.357. The fourth-order valence-corrected chi connectivity index (χ4v) is 13.0. The maximum atomic E-state index is 14.2. The number of amides is 7. The number of likely N-dealkylation sites (N-methyl/N-ethyl adjacent to an activating group) is 1. The van der Waals surface area contributed by atoms with Crippen LogP contribution in [0.25, 0.3) is 22.3 Å². The zero-order chi connectivity index (χ0) is 66.3. The van der Waals surface area contributed by atoms with Crippen molar-refractivity contribution in [3.05, 3.63) is 67.3 Å². The van der Waals surface area contributed by atoms with Crippen LogP contribution in [-0.2, 0) is 83.9 Å². The summed E-state index contributed by atoms with van der Waals surface area (Å²) in [7, 11) is 1.37. The van der Waals surface area contributed by atoms with Gasteiger partial charge in [0.25, 0.3) is 0 Å². The molecule has 0 aliphatic carbocycles. The molecule has 4 aromatic heterocycles. The minimum atomic E-state index is -4.57. The maximum Gasteiger partial charge on any atom is 0.509 e. The van der Waals surface area contributed by atoms with E-state index >= 15 is 0 Å². The molecule has 14 atom stereocenters. The predicted molar refractivity (Wildman–Crippen MR) is 324 cm³/mol. The lowest BCUT2D eigenvalue weighted by molar-refractivity contribution is -0.134. The van der Waals surface area contributed by atoms with Crippen molar-refractivity contribution in [1.29, 1.82) is 0 Å². The summed E-state index contributed by atoms with van der Waals surface area (Å²) in [6.07, 6.45) is -9.24. The molecule has 4 aliphatic rings. The van der Waals surface area contributed by atoms with E-state index in [-0.39, 0.29) is 85.2 Å². The third-order valence-corrected chi connectivity index (χ3v) is 17.8. The Bertz CT molecular complexity index is 3690. The van der Waals surface area contributed by atoms with Gasteiger partial charge in [0.15, 0.2) is 41.5 Å². The second-order valence-electron chi connectivity index (χ2n) is 21.7. The van der Waals surface area contributed by atoms with Crippen molar-refractivity contribution in [2.45, 2.75) is 120 Å². The summed E-state index contributed by atoms with van der Waals surface area (Å²) in [6.45, 7) is -6.21. The maximum absolute atomic E-state index is 14.2. The first-order chi connectivity index (χ1) is 43.6. The normalized spacial score (nSPS) is 26.6. The highest BCUT2D eigenvalue weighted by molar-refractivity contribution is 8.44. The van der Waals surface area contributed by atoms with E-state index in [1.807, 2.05) is 0 Å². The number of nitrogens with one attached hydrogen (secondary N) is 4. The first-order valence-electron chi connectivity index (χ1n) is 28.3. The van der Waals surface area contributed by atoms with Crippen molar-refractivity contribution in [1.82, 2.24) is 64.8 Å². The number of nitrogen functional groups attached to an aromatic ring is 2. The molecular formula is C51H67N17O20P2S2. The number of imidazole rings is 2. The third-order valence-electron chi connectivity index (χ3n) is 14.7. The largest absolute Gasteiger partial charge is 0.509 e. The number of anilines is 3. The molecule has 13 N–H and O–H groups in total. The van der Waals surface area contributed by atoms with Crippen molar-refractivity contribution < 1.29 is 95.0 Å². The van der Waals surface area contributed by atoms with Gasteiger partial charge in [-0.25, -0.2) is 48.9 Å². The van der Waals surface area contributed by atoms with Gasteiger partial charge in [-0.2, -0.15) is 0 Å². The van der Waals surface area contributed by atoms with Crippen LogP contribution in [0.1, 0.15) is 58.1 Å². The number of aliphatic hydroxyl groups excluding tert-OH is 2. The molecule has 92 heavy (non-hydrogen) atoms. The van der Waals surface area contributed by atoms with Gasteiger partial charge in [-0.15, -0.1) is 0 Å². The number of hydrogen-bond donors (Lipinski definition) is 11. The minimum Gasteiger partial charge on any atom is -0.445 e. The van der Waals surface area contributed by atoms with Crippen LogP contribution in [0.4, 0.5) is 31.7 Å². The molecule has 3 saturated heterocycles. The van der Waals surface area contributed by atoms with E-state index in [0.29, 0.717) is 5.56 Å². The van der Waals surface area contributed by atoms with Gasteiger partial charge >= 0.3 is 31.8 Å². The molecule has 3 fully saturated rings. The van der Waals surface area contributed by atoms with Gasteiger partial charge in [0.1, 0.15) is 85.2 Å². The molecule has 2 bridgehead atoms. The number of fused-ring (bicyclic) bond motifs is 5. The fourth-order valence-electron chi connectivity index (χ4n) is 10.1. The highest BCUT2D eigenvalue weighted by atomic mass is 32.7. The Morgan fingerprint density at radius 3 is 2.14 bits per heavy atom. The van der Waals surface area contributed by atoms with Gasteiger partial charge in [0, 0.05) is 38.3 Å². The summed E-state index contributed by atoms with van der Waals surface area (Å²) >= 11 is 9.68. The van der Waals surface area contributed by atoms with Crippen LogP contribution in [0.2, 0.25) is 0 Å². The second-order valence-corrected chi connectivity index (χ2v) is 27.3. The van der Waals surface area contributed by atoms with Gasteiger partial charge in [-0.1, -0.05) is 38.2 Å². The third kappa shape index (κ3) is 16.7. The Kier molecular flexibility index (Phi) is 22.0. The van der Waals surface area contributed by atoms with E-state index in [0.717, 1.165) is 16.1 Å². The van der Waals surface area contributed by atoms with Gasteiger partial charge < -0.3 is 91.6 Å². The number of ether oxygens (including phenoxy) is 5. The summed E-state index contributed by atoms with van der Waals surface area (Å²) in [4.78, 5) is 130. The lowest BCUT2D eigenvalue weighted by Crippen LogP contribution is -2.54. The number of carbonyl (C=O) groups is 7. The SMILES string of the molecule is CC(CN(C)C(=O)OCc1ccc(NC(=O)[C@H](CCCNC(N)=O)NC(=O)[C@@H](NC(=O)CCN2C(=O)C=CC2O)C(C)C)cc1)OC(=O)O[C@@H]1[C@@H]2OP(O)(=S)OC[C@H]3O[C@@H](n4cnc5c(N)ncnc54)[C@H](OP(=O)(S)OC[C@H]2O[C@H]1n1cnc2c(N)ncnc21)[C@@H]3O. The number of rotatable bonds is 21. The number of benzene rings is 1. The highest BCUT2D eigenvalue weighted by Gasteiger charge is 2.55. The molecule has 41 heteroatoms. The Balaban J connectivity index is 0.812. The number of urea groups is 1. The van der Waals surface area contributed by atoms with Gasteiger partial charge in [-0.3, -0.25) is 41.9 Å². The molecule has 9 rings (SSSR count). The Morgan fingerprint density at radius 1 is 0.870 bits per heavy atom. The van der Waals surface area contributed by atoms with Crippen molar-refractivity contribution >= 4 is 119 Å². The molecule has 0 radical (unpaired) electrons. The summed E-state index contributed by atoms with van der Waals surface area (Å²) in [6, 6.07) is 3.10. The topological polar surface area (TPSA) is 500 Å². The van der Waals surface area contributed by atoms with Crippen LogP contribution in [0.15, 0.2) is 61.7 Å². The average molecular weight is 1360 g/mol. The molecule has 7 amide bonds. The zero-order valence-electron chi connectivity index (χ0n) is 49.4. The molecule has 8 heterocycles. The average Bonchev–Trinajstić information content (AvgIpc) is 1.61. The first kappa shape index (κ1) is 68.6. The Morgan fingerprint density at radius 2 is 1.51 bits per heavy atom. The molecule has 4 unspecified atom stereocenters. The Labute approximate surface area is 532 Å². The van der Waals surface area contributed by atoms with Crippen LogP contribution in [0.5, 0.6) is 0 Å². The number of nitrogens with zero attached hydrogens (tertiary/aromatic N) is 10. The first-order valence-corrected chi connectivity index (χ1v) is 33.6. The van der Waals surface area contributed by atoms with Crippen molar-refractivity contribution in [2.24, 2.45) is 11.7 Å². The van der Waals surface area contributed by atoms with E-state index in [9.17, 15) is 53.2 Å². The standard InChI is InChI=1S/C51H67N17O20P2S2/c1-24(2)34(64-31(69)13-15-66-32(70)11-12-33(66)71)46(74)63-28(6-5-14-55-49(54)75)45(73)62-27-9-7-26(8-10-27)17-80-50(76)65(4)16-25(3)83-51(77)86-40-38-30(85-48(40)68-23-61-36-42(53)57-21-59-44(36)68)19-82-90(79,92)88-39-37(72)29(18-81-89(78,91)87-38)84-47(39)67-22-60-35-41(52)56-20-58-43(35)67/h7-12,20-25,28-30,32,34,37-40,47-48,70,72H,5-6,13-19H2,1-4H3,(H,62,73)(H,63,74)(H,64,69)(H,78,91)(H,79,92)(H2,52,56,58)(H2,53,57,59)(H3,54,55,75)/t25?,28-,29+,30+,32?,34-,37+,38+,39+,40+,47+,48+,89?,90?/m0/s1. The van der Waals surface area contributed by atoms with Crippen LogP contribution in [-0.4, -0.2) is 207 Å². The van der Waals surface area contributed by atoms with Gasteiger partial charge in [0.05, 0.1) is 32.4 Å². The fraction of sp³-hybridized carbons (Fsp3) is 0.510. The summed E-state index contributed by atoms with van der Waals surface area (Å²) < 4.78 is 69.8. The lowest BCUT2D eigenvalue weighted by atomic mass is 10.0. The number of carbonyl (C=O) groups excluding carboxylic acids is 7. The summed E-state index contributed by atoms with van der Waals surface area (Å²) in [5.41, 5.74) is 18.6. The van der Waals surface area contributed by atoms with Crippen molar-refractivity contribution in [3.8, 4) is 0 Å².